The van der Waals surface area contributed by atoms with Crippen LogP contribution in [0, 0.1) is 10.1 Å². The van der Waals surface area contributed by atoms with E-state index in [0.717, 1.165) is 0 Å². The predicted molar refractivity (Wildman–Crippen MR) is 74.9 cm³/mol. The summed E-state index contributed by atoms with van der Waals surface area (Å²) in [5, 5.41) is 20.1. The van der Waals surface area contributed by atoms with Crippen LogP contribution in [0.1, 0.15) is 23.0 Å². The molecule has 0 unspecified atom stereocenters. The van der Waals surface area contributed by atoms with Gasteiger partial charge < -0.3 is 15.2 Å². The van der Waals surface area contributed by atoms with Gasteiger partial charge in [-0.3, -0.25) is 14.9 Å². The second-order valence-electron chi connectivity index (χ2n) is 4.18. The quantitative estimate of drug-likeness (QED) is 0.621. The first-order valence-electron chi connectivity index (χ1n) is 6.32. The monoisotopic (exact) mass is 290 g/mol. The fourth-order valence-electron chi connectivity index (χ4n) is 1.76. The molecule has 0 bridgehead atoms. The van der Waals surface area contributed by atoms with Gasteiger partial charge in [-0.15, -0.1) is 0 Å². The second-order valence-corrected chi connectivity index (χ2v) is 4.18. The van der Waals surface area contributed by atoms with Crippen molar-refractivity contribution < 1.29 is 14.2 Å². The molecule has 8 heteroatoms. The Morgan fingerprint density at radius 2 is 2.24 bits per heavy atom. The molecule has 0 saturated carbocycles. The van der Waals surface area contributed by atoms with Gasteiger partial charge >= 0.3 is 0 Å². The molecule has 0 saturated heterocycles. The standard InChI is InChI=1S/C13H14N4O4/c1-2-14-13(18)9-3-4-12(17(19)20)11(7-9)15-8-10-5-6-16-21-10/h3-7,15H,2,8H2,1H3,(H,14,18). The van der Waals surface area contributed by atoms with E-state index < -0.39 is 4.92 Å². The smallest absolute Gasteiger partial charge is 0.292 e. The molecule has 1 aromatic heterocycles. The number of nitrogens with one attached hydrogen (secondary N) is 2. The first-order chi connectivity index (χ1) is 10.1. The first-order valence-corrected chi connectivity index (χ1v) is 6.32. The van der Waals surface area contributed by atoms with Crippen molar-refractivity contribution in [3.8, 4) is 0 Å². The molecule has 0 atom stereocenters. The number of nitro groups is 1. The third kappa shape index (κ3) is 3.56. The molecule has 1 aromatic carbocycles. The van der Waals surface area contributed by atoms with Crippen LogP contribution in [0.25, 0.3) is 0 Å². The predicted octanol–water partition coefficient (Wildman–Crippen LogP) is 1.94. The number of benzene rings is 1. The molecular weight excluding hydrogens is 276 g/mol. The summed E-state index contributed by atoms with van der Waals surface area (Å²) in [4.78, 5) is 22.3. The Bertz CT molecular complexity index is 640. The summed E-state index contributed by atoms with van der Waals surface area (Å²) in [7, 11) is 0. The topological polar surface area (TPSA) is 110 Å². The normalized spacial score (nSPS) is 10.1. The Kier molecular flexibility index (Phi) is 4.50. The molecule has 21 heavy (non-hydrogen) atoms. The molecule has 0 aliphatic carbocycles. The van der Waals surface area contributed by atoms with Gasteiger partial charge in [-0.25, -0.2) is 0 Å². The number of nitro benzene ring substituents is 1. The van der Waals surface area contributed by atoms with Crippen LogP contribution in [0.3, 0.4) is 0 Å². The minimum Gasteiger partial charge on any atom is -0.372 e. The highest BCUT2D eigenvalue weighted by Crippen LogP contribution is 2.26. The van der Waals surface area contributed by atoms with Gasteiger partial charge in [0.2, 0.25) is 0 Å². The molecule has 0 radical (unpaired) electrons. The van der Waals surface area contributed by atoms with E-state index in [4.69, 9.17) is 4.52 Å². The van der Waals surface area contributed by atoms with E-state index in [0.29, 0.717) is 17.9 Å². The Labute approximate surface area is 120 Å². The molecule has 110 valence electrons. The molecule has 0 fully saturated rings. The van der Waals surface area contributed by atoms with Gasteiger partial charge in [0.05, 0.1) is 17.7 Å². The van der Waals surface area contributed by atoms with E-state index in [2.05, 4.69) is 15.8 Å². The lowest BCUT2D eigenvalue weighted by molar-refractivity contribution is -0.384. The van der Waals surface area contributed by atoms with E-state index >= 15 is 0 Å². The summed E-state index contributed by atoms with van der Waals surface area (Å²) >= 11 is 0. The molecule has 0 spiro atoms. The lowest BCUT2D eigenvalue weighted by Gasteiger charge is -2.08. The van der Waals surface area contributed by atoms with Gasteiger partial charge in [-0.1, -0.05) is 5.16 Å². The first kappa shape index (κ1) is 14.5. The number of nitrogens with zero attached hydrogens (tertiary/aromatic N) is 2. The summed E-state index contributed by atoms with van der Waals surface area (Å²) in [6.07, 6.45) is 1.48. The average molecular weight is 290 g/mol. The maximum absolute atomic E-state index is 11.8. The van der Waals surface area contributed by atoms with Crippen molar-refractivity contribution in [3.63, 3.8) is 0 Å². The molecule has 0 aliphatic rings. The number of anilines is 1. The van der Waals surface area contributed by atoms with Crippen molar-refractivity contribution in [1.29, 1.82) is 0 Å². The highest BCUT2D eigenvalue weighted by Gasteiger charge is 2.16. The van der Waals surface area contributed by atoms with E-state index in [1.807, 2.05) is 0 Å². The second kappa shape index (κ2) is 6.51. The lowest BCUT2D eigenvalue weighted by Crippen LogP contribution is -2.22. The molecular formula is C13H14N4O4. The maximum atomic E-state index is 11.8. The summed E-state index contributed by atoms with van der Waals surface area (Å²) in [6, 6.07) is 5.81. The fourth-order valence-corrected chi connectivity index (χ4v) is 1.76. The highest BCUT2D eigenvalue weighted by atomic mass is 16.6. The van der Waals surface area contributed by atoms with Crippen LogP contribution in [-0.4, -0.2) is 22.5 Å². The third-order valence-corrected chi connectivity index (χ3v) is 2.74. The van der Waals surface area contributed by atoms with E-state index in [1.165, 1.54) is 24.4 Å². The van der Waals surface area contributed by atoms with Gasteiger partial charge in [-0.2, -0.15) is 0 Å². The van der Waals surface area contributed by atoms with Crippen LogP contribution >= 0.6 is 0 Å². The largest absolute Gasteiger partial charge is 0.372 e. The molecule has 2 rings (SSSR count). The summed E-state index contributed by atoms with van der Waals surface area (Å²) < 4.78 is 4.91. The molecule has 8 nitrogen and oxygen atoms in total. The van der Waals surface area contributed by atoms with E-state index in [-0.39, 0.29) is 23.8 Å². The van der Waals surface area contributed by atoms with Gasteiger partial charge in [0.25, 0.3) is 11.6 Å². The van der Waals surface area contributed by atoms with Crippen molar-refractivity contribution in [2.75, 3.05) is 11.9 Å². The van der Waals surface area contributed by atoms with E-state index in [1.54, 1.807) is 13.0 Å². The lowest BCUT2D eigenvalue weighted by atomic mass is 10.1. The molecule has 1 amide bonds. The van der Waals surface area contributed by atoms with Gasteiger partial charge in [0, 0.05) is 24.2 Å². The minimum atomic E-state index is -0.510. The number of carbonyl (C=O) groups excluding carboxylic acids is 1. The van der Waals surface area contributed by atoms with Crippen molar-refractivity contribution in [3.05, 3.63) is 51.9 Å². The number of hydrogen-bond donors (Lipinski definition) is 2. The molecule has 2 N–H and O–H groups in total. The Morgan fingerprint density at radius 1 is 1.43 bits per heavy atom. The number of rotatable bonds is 6. The average Bonchev–Trinajstić information content (AvgIpc) is 2.98. The number of aromatic nitrogens is 1. The van der Waals surface area contributed by atoms with Crippen molar-refractivity contribution in [1.82, 2.24) is 10.5 Å². The van der Waals surface area contributed by atoms with Crippen LogP contribution < -0.4 is 10.6 Å². The van der Waals surface area contributed by atoms with Crippen molar-refractivity contribution in [2.45, 2.75) is 13.5 Å². The zero-order chi connectivity index (χ0) is 15.2. The SMILES string of the molecule is CCNC(=O)c1ccc([N+](=O)[O-])c(NCc2ccno2)c1. The minimum absolute atomic E-state index is 0.109. The third-order valence-electron chi connectivity index (χ3n) is 2.74. The zero-order valence-electron chi connectivity index (χ0n) is 11.3. The maximum Gasteiger partial charge on any atom is 0.292 e. The van der Waals surface area contributed by atoms with E-state index in [9.17, 15) is 14.9 Å². The van der Waals surface area contributed by atoms with Gasteiger partial charge in [0.15, 0.2) is 5.76 Å². The van der Waals surface area contributed by atoms with Crippen LogP contribution in [0.15, 0.2) is 35.0 Å². The van der Waals surface area contributed by atoms with Crippen molar-refractivity contribution >= 4 is 17.3 Å². The van der Waals surface area contributed by atoms with Gasteiger partial charge in [0.1, 0.15) is 5.69 Å². The van der Waals surface area contributed by atoms with Crippen molar-refractivity contribution in [2.24, 2.45) is 0 Å². The van der Waals surface area contributed by atoms with Crippen LogP contribution in [-0.2, 0) is 6.54 Å². The van der Waals surface area contributed by atoms with Crippen LogP contribution in [0.5, 0.6) is 0 Å². The van der Waals surface area contributed by atoms with Crippen LogP contribution in [0.2, 0.25) is 0 Å². The zero-order valence-corrected chi connectivity index (χ0v) is 11.3. The highest BCUT2D eigenvalue weighted by molar-refractivity contribution is 5.95. The molecule has 2 aromatic rings. The molecule has 1 heterocycles. The molecule has 0 aliphatic heterocycles. The number of hydrogen-bond acceptors (Lipinski definition) is 6. The Hall–Kier alpha value is -2.90. The summed E-state index contributed by atoms with van der Waals surface area (Å²) in [5.74, 6) is 0.253. The summed E-state index contributed by atoms with van der Waals surface area (Å²) in [6.45, 7) is 2.52. The Morgan fingerprint density at radius 3 is 2.86 bits per heavy atom. The van der Waals surface area contributed by atoms with Crippen LogP contribution in [0.4, 0.5) is 11.4 Å². The number of carbonyl (C=O) groups is 1. The van der Waals surface area contributed by atoms with Gasteiger partial charge in [-0.05, 0) is 19.1 Å². The fraction of sp³-hybridized carbons (Fsp3) is 0.231. The number of amides is 1. The summed E-state index contributed by atoms with van der Waals surface area (Å²) in [5.41, 5.74) is 0.491. The Balaban J connectivity index is 2.24.